The molecule has 5 rings (SSSR count). The third-order valence-electron chi connectivity index (χ3n) is 8.45. The number of ether oxygens (including phenoxy) is 1. The van der Waals surface area contributed by atoms with Crippen LogP contribution in [0.25, 0.3) is 11.3 Å². The number of hydrogen-bond acceptors (Lipinski definition) is 6. The number of amides is 2. The van der Waals surface area contributed by atoms with E-state index >= 15 is 0 Å². The predicted octanol–water partition coefficient (Wildman–Crippen LogP) is 6.38. The van der Waals surface area contributed by atoms with Gasteiger partial charge in [0, 0.05) is 37.7 Å². The van der Waals surface area contributed by atoms with E-state index in [1.165, 1.54) is 0 Å². The number of likely N-dealkylation sites (tertiary alicyclic amines) is 2. The Bertz CT molecular complexity index is 1500. The molecule has 2 amide bonds. The van der Waals surface area contributed by atoms with Gasteiger partial charge in [0.05, 0.1) is 16.4 Å². The third-order valence-corrected chi connectivity index (χ3v) is 9.17. The zero-order chi connectivity index (χ0) is 31.6. The van der Waals surface area contributed by atoms with Gasteiger partial charge in [0.25, 0.3) is 0 Å². The predicted molar refractivity (Wildman–Crippen MR) is 167 cm³/mol. The number of aromatic nitrogens is 3. The van der Waals surface area contributed by atoms with Crippen LogP contribution in [0.5, 0.6) is 0 Å². The fourth-order valence-electron chi connectivity index (χ4n) is 6.20. The molecule has 0 aliphatic carbocycles. The molecular formula is C32H39BrF2N6O3. The molecule has 44 heavy (non-hydrogen) atoms. The second-order valence-corrected chi connectivity index (χ2v) is 13.4. The van der Waals surface area contributed by atoms with Crippen LogP contribution in [-0.2, 0) is 16.1 Å². The molecule has 2 aromatic carbocycles. The molecule has 0 saturated carbocycles. The van der Waals surface area contributed by atoms with Gasteiger partial charge in [0.15, 0.2) is 5.82 Å². The van der Waals surface area contributed by atoms with Crippen LogP contribution in [0.3, 0.4) is 0 Å². The van der Waals surface area contributed by atoms with Crippen LogP contribution < -0.4 is 5.73 Å². The zero-order valence-electron chi connectivity index (χ0n) is 25.3. The Morgan fingerprint density at radius 2 is 1.84 bits per heavy atom. The van der Waals surface area contributed by atoms with Gasteiger partial charge in [-0.05, 0) is 86.4 Å². The highest BCUT2D eigenvalue weighted by molar-refractivity contribution is 9.10. The summed E-state index contributed by atoms with van der Waals surface area (Å²) in [6.07, 6.45) is 5.31. The van der Waals surface area contributed by atoms with Gasteiger partial charge >= 0.3 is 6.09 Å². The Labute approximate surface area is 264 Å². The summed E-state index contributed by atoms with van der Waals surface area (Å²) < 4.78 is 35.4. The lowest BCUT2D eigenvalue weighted by Gasteiger charge is -2.33. The summed E-state index contributed by atoms with van der Waals surface area (Å²) in [4.78, 5) is 30.9. The summed E-state index contributed by atoms with van der Waals surface area (Å²) in [5.74, 6) is -1.41. The number of benzene rings is 2. The number of carbonyl (C=O) groups is 2. The average Bonchev–Trinajstić information content (AvgIpc) is 3.58. The van der Waals surface area contributed by atoms with Crippen molar-refractivity contribution in [2.45, 2.75) is 77.0 Å². The van der Waals surface area contributed by atoms with Gasteiger partial charge in [-0.3, -0.25) is 14.4 Å². The maximum atomic E-state index is 14.3. The van der Waals surface area contributed by atoms with Crippen molar-refractivity contribution in [1.82, 2.24) is 24.8 Å². The van der Waals surface area contributed by atoms with Gasteiger partial charge in [0.2, 0.25) is 5.91 Å². The Kier molecular flexibility index (Phi) is 9.57. The fraction of sp³-hybridized carbons (Fsp3) is 0.500. The first-order valence-corrected chi connectivity index (χ1v) is 15.9. The average molecular weight is 674 g/mol. The van der Waals surface area contributed by atoms with Gasteiger partial charge in [-0.25, -0.2) is 13.6 Å². The number of aryl methyl sites for hydroxylation is 1. The van der Waals surface area contributed by atoms with E-state index in [-0.39, 0.29) is 27.5 Å². The minimum absolute atomic E-state index is 0.0321. The molecule has 3 unspecified atom stereocenters. The first-order chi connectivity index (χ1) is 20.9. The topological polar surface area (TPSA) is 107 Å². The molecule has 2 N–H and O–H groups in total. The number of carbonyl (C=O) groups excluding carboxylic acids is 2. The van der Waals surface area contributed by atoms with Crippen molar-refractivity contribution in [1.29, 1.82) is 0 Å². The molecule has 3 heterocycles. The molecule has 0 bridgehead atoms. The maximum Gasteiger partial charge on any atom is 0.410 e. The van der Waals surface area contributed by atoms with Gasteiger partial charge in [0.1, 0.15) is 23.2 Å². The number of rotatable bonds is 6. The molecule has 0 spiro atoms. The van der Waals surface area contributed by atoms with E-state index in [0.717, 1.165) is 37.3 Å². The molecule has 2 aliphatic heterocycles. The Balaban J connectivity index is 1.23. The van der Waals surface area contributed by atoms with Crippen LogP contribution in [-0.4, -0.2) is 68.1 Å². The second-order valence-electron chi connectivity index (χ2n) is 12.6. The van der Waals surface area contributed by atoms with Crippen LogP contribution in [0.15, 0.2) is 47.1 Å². The van der Waals surface area contributed by atoms with E-state index in [0.29, 0.717) is 44.2 Å². The van der Waals surface area contributed by atoms with E-state index in [1.807, 2.05) is 56.0 Å². The summed E-state index contributed by atoms with van der Waals surface area (Å²) in [7, 11) is 0. The Morgan fingerprint density at radius 1 is 1.09 bits per heavy atom. The molecule has 12 heteroatoms. The number of hydrogen-bond donors (Lipinski definition) is 1. The summed E-state index contributed by atoms with van der Waals surface area (Å²) in [6.45, 7) is 7.75. The first kappa shape index (κ1) is 31.9. The van der Waals surface area contributed by atoms with Crippen molar-refractivity contribution in [3.63, 3.8) is 0 Å². The molecular weight excluding hydrogens is 634 g/mol. The van der Waals surface area contributed by atoms with Gasteiger partial charge < -0.3 is 15.4 Å². The molecule has 0 radical (unpaired) electrons. The van der Waals surface area contributed by atoms with E-state index in [2.05, 4.69) is 26.2 Å². The molecule has 9 nitrogen and oxygen atoms in total. The molecule has 3 atom stereocenters. The van der Waals surface area contributed by atoms with Crippen molar-refractivity contribution in [3.8, 4) is 11.3 Å². The van der Waals surface area contributed by atoms with E-state index < -0.39 is 29.4 Å². The Hall–Kier alpha value is -3.54. The van der Waals surface area contributed by atoms with Gasteiger partial charge in [-0.15, -0.1) is 5.10 Å². The Morgan fingerprint density at radius 3 is 2.57 bits per heavy atom. The lowest BCUT2D eigenvalue weighted by atomic mass is 9.91. The van der Waals surface area contributed by atoms with Crippen LogP contribution in [0, 0.1) is 17.6 Å². The lowest BCUT2D eigenvalue weighted by molar-refractivity contribution is -0.136. The summed E-state index contributed by atoms with van der Waals surface area (Å²) in [5.41, 5.74) is 6.51. The highest BCUT2D eigenvalue weighted by Gasteiger charge is 2.45. The van der Waals surface area contributed by atoms with E-state index in [1.54, 1.807) is 15.8 Å². The zero-order valence-corrected chi connectivity index (χ0v) is 26.9. The van der Waals surface area contributed by atoms with Crippen molar-refractivity contribution < 1.29 is 23.1 Å². The van der Waals surface area contributed by atoms with Gasteiger partial charge in [-0.1, -0.05) is 35.5 Å². The highest BCUT2D eigenvalue weighted by atomic mass is 79.9. The van der Waals surface area contributed by atoms with Crippen molar-refractivity contribution >= 4 is 33.6 Å². The number of nitrogen functional groups attached to an aromatic ring is 1. The molecule has 2 fully saturated rings. The number of nitrogens with zero attached hydrogens (tertiary/aromatic N) is 5. The third kappa shape index (κ3) is 7.06. The fourth-order valence-corrected chi connectivity index (χ4v) is 6.53. The van der Waals surface area contributed by atoms with Crippen LogP contribution in [0.1, 0.15) is 64.4 Å². The number of nitrogens with two attached hydrogens (primary N) is 1. The van der Waals surface area contributed by atoms with Crippen LogP contribution in [0.4, 0.5) is 19.3 Å². The minimum Gasteiger partial charge on any atom is -0.444 e. The lowest BCUT2D eigenvalue weighted by Crippen LogP contribution is -2.51. The van der Waals surface area contributed by atoms with Crippen molar-refractivity contribution in [2.24, 2.45) is 5.92 Å². The highest BCUT2D eigenvalue weighted by Crippen LogP contribution is 2.37. The van der Waals surface area contributed by atoms with Crippen molar-refractivity contribution in [2.75, 3.05) is 25.4 Å². The quantitative estimate of drug-likeness (QED) is 0.241. The largest absolute Gasteiger partial charge is 0.444 e. The maximum absolute atomic E-state index is 14.3. The SMILES string of the molecule is CC(C)(C)OC(=O)N1CCC(c2ccccc2)C1C(=O)N1CCCC(CCn2cc(-c3cc(F)c(Br)c(F)c3N)nn2)CC1. The monoisotopic (exact) mass is 672 g/mol. The summed E-state index contributed by atoms with van der Waals surface area (Å²) in [5, 5.41) is 8.23. The molecule has 2 aliphatic rings. The van der Waals surface area contributed by atoms with E-state index in [9.17, 15) is 18.4 Å². The normalized spacial score (nSPS) is 20.9. The molecule has 3 aromatic rings. The smallest absolute Gasteiger partial charge is 0.410 e. The van der Waals surface area contributed by atoms with E-state index in [4.69, 9.17) is 10.5 Å². The summed E-state index contributed by atoms with van der Waals surface area (Å²) in [6, 6.07) is 10.5. The van der Waals surface area contributed by atoms with Crippen molar-refractivity contribution in [3.05, 3.63) is 64.3 Å². The first-order valence-electron chi connectivity index (χ1n) is 15.1. The molecule has 1 aromatic heterocycles. The number of halogens is 3. The second kappa shape index (κ2) is 13.2. The van der Waals surface area contributed by atoms with Gasteiger partial charge in [-0.2, -0.15) is 0 Å². The molecule has 236 valence electrons. The van der Waals surface area contributed by atoms with Crippen LogP contribution >= 0.6 is 15.9 Å². The number of anilines is 1. The minimum atomic E-state index is -0.867. The van der Waals surface area contributed by atoms with Crippen LogP contribution in [0.2, 0.25) is 0 Å². The standard InChI is InChI=1S/C32H39BrF2N6O3/c1-32(2,3)44-31(43)41-17-13-22(21-9-5-4-6-10-21)29(41)30(42)39-14-7-8-20(11-15-39)12-16-40-19-25(37-38-40)23-18-24(34)26(33)27(35)28(23)36/h4-6,9-10,18-20,22,29H,7-8,11-17,36H2,1-3H3. The summed E-state index contributed by atoms with van der Waals surface area (Å²) >= 11 is 2.86. The molecule has 2 saturated heterocycles.